The monoisotopic (exact) mass is 250 g/mol. The molecule has 17 heavy (non-hydrogen) atoms. The van der Waals surface area contributed by atoms with E-state index < -0.39 is 0 Å². The van der Waals surface area contributed by atoms with Gasteiger partial charge in [0.15, 0.2) is 12.2 Å². The molecule has 1 aliphatic heterocycles. The maximum Gasteiger partial charge on any atom is 0.152 e. The Balaban J connectivity index is 2.16. The molecule has 0 spiro atoms. The number of quaternary nitrogens is 3. The molecule has 1 saturated heterocycles. The molecule has 102 valence electrons. The van der Waals surface area contributed by atoms with Gasteiger partial charge in [-0.05, 0) is 0 Å². The molecule has 6 heteroatoms. The first kappa shape index (κ1) is 14.8. The first-order chi connectivity index (χ1) is 8.11. The maximum atomic E-state index is 9.98. The Labute approximate surface area is 103 Å². The summed E-state index contributed by atoms with van der Waals surface area (Å²) in [6.07, 6.45) is -0.668. The number of hydrogen-bond acceptors (Lipinski definition) is 3. The molecule has 0 aromatic rings. The predicted molar refractivity (Wildman–Crippen MR) is 62.8 cm³/mol. The van der Waals surface area contributed by atoms with Gasteiger partial charge in [0.2, 0.25) is 0 Å². The quantitative estimate of drug-likeness (QED) is 0.312. The van der Waals surface area contributed by atoms with E-state index in [9.17, 15) is 10.2 Å². The minimum absolute atomic E-state index is 0.305. The second-order valence-corrected chi connectivity index (χ2v) is 5.03. The number of likely N-dealkylation sites (N-methyl/N-ethyl adjacent to an activating group) is 1. The highest BCUT2D eigenvalue weighted by atomic mass is 16.5. The highest BCUT2D eigenvalue weighted by molar-refractivity contribution is 4.52. The first-order valence-electron chi connectivity index (χ1n) is 6.49. The standard InChI is InChI=1S/C11H25N3O3/c1-13(7-10(15)6-12)8-11(16)9-14-2-4-17-5-3-14/h10-11,15-16H,2-9,12H2,1H3/p+3/t10-,11-/m0/s1. The van der Waals surface area contributed by atoms with Crippen LogP contribution in [-0.4, -0.2) is 82.0 Å². The van der Waals surface area contributed by atoms with Crippen LogP contribution in [0, 0.1) is 0 Å². The van der Waals surface area contributed by atoms with Crippen LogP contribution in [0.15, 0.2) is 0 Å². The van der Waals surface area contributed by atoms with Gasteiger partial charge in [-0.2, -0.15) is 0 Å². The third-order valence-electron chi connectivity index (χ3n) is 3.23. The van der Waals surface area contributed by atoms with Crippen LogP contribution in [0.3, 0.4) is 0 Å². The van der Waals surface area contributed by atoms with Crippen LogP contribution in [0.5, 0.6) is 0 Å². The zero-order valence-electron chi connectivity index (χ0n) is 10.8. The summed E-state index contributed by atoms with van der Waals surface area (Å²) in [6, 6.07) is 0. The van der Waals surface area contributed by atoms with Crippen molar-refractivity contribution in [2.24, 2.45) is 0 Å². The fourth-order valence-electron chi connectivity index (χ4n) is 2.26. The van der Waals surface area contributed by atoms with Crippen LogP contribution in [-0.2, 0) is 4.74 Å². The van der Waals surface area contributed by atoms with E-state index in [1.807, 2.05) is 7.05 Å². The number of hydrogen-bond donors (Lipinski definition) is 5. The number of nitrogens with one attached hydrogen (secondary N) is 2. The van der Waals surface area contributed by atoms with E-state index >= 15 is 0 Å². The second-order valence-electron chi connectivity index (χ2n) is 5.03. The Morgan fingerprint density at radius 3 is 2.41 bits per heavy atom. The van der Waals surface area contributed by atoms with Crippen molar-refractivity contribution in [3.63, 3.8) is 0 Å². The van der Waals surface area contributed by atoms with E-state index in [1.165, 1.54) is 4.90 Å². The largest absolute Gasteiger partial charge is 0.382 e. The summed E-state index contributed by atoms with van der Waals surface area (Å²) in [5, 5.41) is 19.5. The topological polar surface area (TPSA) is 86.2 Å². The number of ether oxygens (including phenoxy) is 1. The van der Waals surface area contributed by atoms with Gasteiger partial charge in [-0.1, -0.05) is 0 Å². The van der Waals surface area contributed by atoms with Gasteiger partial charge in [-0.25, -0.2) is 0 Å². The van der Waals surface area contributed by atoms with Crippen molar-refractivity contribution >= 4 is 0 Å². The molecule has 1 rings (SSSR count). The van der Waals surface area contributed by atoms with Crippen LogP contribution in [0.2, 0.25) is 0 Å². The lowest BCUT2D eigenvalue weighted by Gasteiger charge is -2.26. The molecule has 0 bridgehead atoms. The Morgan fingerprint density at radius 1 is 1.24 bits per heavy atom. The Morgan fingerprint density at radius 2 is 1.82 bits per heavy atom. The van der Waals surface area contributed by atoms with E-state index in [4.69, 9.17) is 4.74 Å². The highest BCUT2D eigenvalue weighted by Gasteiger charge is 2.21. The van der Waals surface area contributed by atoms with E-state index in [1.54, 1.807) is 0 Å². The van der Waals surface area contributed by atoms with Crippen molar-refractivity contribution in [3.8, 4) is 0 Å². The third kappa shape index (κ3) is 6.30. The molecule has 0 radical (unpaired) electrons. The van der Waals surface area contributed by atoms with Crippen molar-refractivity contribution in [2.75, 3.05) is 59.5 Å². The van der Waals surface area contributed by atoms with E-state index in [-0.39, 0.29) is 12.2 Å². The van der Waals surface area contributed by atoms with Gasteiger partial charge in [-0.15, -0.1) is 0 Å². The Hall–Kier alpha value is -0.240. The molecule has 1 aliphatic rings. The zero-order chi connectivity index (χ0) is 12.7. The summed E-state index contributed by atoms with van der Waals surface area (Å²) >= 11 is 0. The van der Waals surface area contributed by atoms with Gasteiger partial charge in [0.1, 0.15) is 39.3 Å². The molecular weight excluding hydrogens is 222 g/mol. The molecular formula is C11H28N3O3+3. The zero-order valence-corrected chi connectivity index (χ0v) is 10.8. The second kappa shape index (κ2) is 7.97. The number of rotatable bonds is 7. The number of morpholine rings is 1. The smallest absolute Gasteiger partial charge is 0.152 e. The average molecular weight is 250 g/mol. The summed E-state index contributed by atoms with van der Waals surface area (Å²) in [4.78, 5) is 2.57. The van der Waals surface area contributed by atoms with Gasteiger partial charge in [0.05, 0.1) is 20.3 Å². The normalized spacial score (nSPS) is 23.3. The summed E-state index contributed by atoms with van der Waals surface area (Å²) in [5.41, 5.74) is 3.67. The van der Waals surface area contributed by atoms with Crippen LogP contribution in [0.25, 0.3) is 0 Å². The number of aliphatic hydroxyl groups is 2. The Kier molecular flexibility index (Phi) is 6.94. The maximum absolute atomic E-state index is 9.98. The van der Waals surface area contributed by atoms with E-state index in [0.717, 1.165) is 37.7 Å². The van der Waals surface area contributed by atoms with Gasteiger partial charge in [0, 0.05) is 0 Å². The fraction of sp³-hybridized carbons (Fsp3) is 1.00. The minimum Gasteiger partial charge on any atom is -0.382 e. The summed E-state index contributed by atoms with van der Waals surface area (Å²) in [5.74, 6) is 0. The van der Waals surface area contributed by atoms with Gasteiger partial charge < -0.3 is 30.5 Å². The molecule has 0 saturated carbocycles. The molecule has 7 N–H and O–H groups in total. The van der Waals surface area contributed by atoms with Crippen molar-refractivity contribution in [3.05, 3.63) is 0 Å². The molecule has 0 aromatic heterocycles. The molecule has 1 heterocycles. The summed E-state index contributed by atoms with van der Waals surface area (Å²) in [7, 11) is 2.00. The average Bonchev–Trinajstić information content (AvgIpc) is 2.29. The number of aliphatic hydroxyl groups excluding tert-OH is 2. The molecule has 1 fully saturated rings. The lowest BCUT2D eigenvalue weighted by atomic mass is 10.2. The van der Waals surface area contributed by atoms with Crippen LogP contribution in [0.4, 0.5) is 0 Å². The molecule has 0 aliphatic carbocycles. The molecule has 3 atom stereocenters. The SMILES string of the molecule is C[NH+](C[C@@H](O)C[NH3+])C[C@H](O)C[NH+]1CCOCC1. The van der Waals surface area contributed by atoms with E-state index in [0.29, 0.717) is 19.6 Å². The van der Waals surface area contributed by atoms with Gasteiger partial charge >= 0.3 is 0 Å². The fourth-order valence-corrected chi connectivity index (χ4v) is 2.26. The first-order valence-corrected chi connectivity index (χ1v) is 6.49. The molecule has 1 unspecified atom stereocenters. The highest BCUT2D eigenvalue weighted by Crippen LogP contribution is 1.78. The van der Waals surface area contributed by atoms with Crippen LogP contribution < -0.4 is 15.5 Å². The van der Waals surface area contributed by atoms with Crippen molar-refractivity contribution in [1.82, 2.24) is 0 Å². The van der Waals surface area contributed by atoms with Crippen molar-refractivity contribution < 1.29 is 30.5 Å². The lowest BCUT2D eigenvalue weighted by molar-refractivity contribution is -0.923. The van der Waals surface area contributed by atoms with Crippen molar-refractivity contribution in [1.29, 1.82) is 0 Å². The summed E-state index contributed by atoms with van der Waals surface area (Å²) in [6.45, 7) is 6.20. The Bertz CT molecular complexity index is 200. The lowest BCUT2D eigenvalue weighted by Crippen LogP contribution is -3.17. The minimum atomic E-state index is -0.363. The van der Waals surface area contributed by atoms with Crippen LogP contribution in [0.1, 0.15) is 0 Å². The third-order valence-corrected chi connectivity index (χ3v) is 3.23. The predicted octanol–water partition coefficient (Wildman–Crippen LogP) is -5.62. The molecule has 0 amide bonds. The van der Waals surface area contributed by atoms with Crippen molar-refractivity contribution in [2.45, 2.75) is 12.2 Å². The summed E-state index contributed by atoms with van der Waals surface area (Å²) < 4.78 is 5.28. The van der Waals surface area contributed by atoms with Gasteiger partial charge in [-0.3, -0.25) is 0 Å². The molecule has 0 aromatic carbocycles. The van der Waals surface area contributed by atoms with Gasteiger partial charge in [0.25, 0.3) is 0 Å². The molecule has 6 nitrogen and oxygen atoms in total. The van der Waals surface area contributed by atoms with Crippen LogP contribution >= 0.6 is 0 Å². The van der Waals surface area contributed by atoms with E-state index in [2.05, 4.69) is 5.73 Å².